The van der Waals surface area contributed by atoms with Crippen LogP contribution in [0.25, 0.3) is 10.1 Å². The van der Waals surface area contributed by atoms with Crippen LogP contribution in [0, 0.1) is 0 Å². The Hall–Kier alpha value is -0.730. The van der Waals surface area contributed by atoms with Gasteiger partial charge in [0.05, 0.1) is 10.4 Å². The smallest absolute Gasteiger partial charge is 0.0578 e. The van der Waals surface area contributed by atoms with E-state index >= 15 is 0 Å². The summed E-state index contributed by atoms with van der Waals surface area (Å²) in [5, 5.41) is 1.23. The summed E-state index contributed by atoms with van der Waals surface area (Å²) in [6, 6.07) is 6.31. The summed E-state index contributed by atoms with van der Waals surface area (Å²) in [6.45, 7) is 2.16. The molecule has 2 rings (SSSR count). The average molecular weight is 226 g/mol. The number of aryl methyl sites for hydroxylation is 1. The molecule has 0 saturated heterocycles. The van der Waals surface area contributed by atoms with E-state index < -0.39 is 0 Å². The van der Waals surface area contributed by atoms with Crippen LogP contribution in [0.5, 0.6) is 0 Å². The number of nitrogens with two attached hydrogens (primary N) is 1. The fraction of sp³-hybridized carbons (Fsp3) is 0.273. The maximum atomic E-state index is 6.02. The van der Waals surface area contributed by atoms with E-state index in [1.165, 1.54) is 15.0 Å². The number of hydrogen-bond acceptors (Lipinski definition) is 2. The van der Waals surface area contributed by atoms with Crippen molar-refractivity contribution in [1.82, 2.24) is 0 Å². The number of hydrogen-bond donors (Lipinski definition) is 1. The second-order valence-corrected chi connectivity index (χ2v) is 4.66. The minimum Gasteiger partial charge on any atom is -0.397 e. The molecule has 2 aromatic rings. The van der Waals surface area contributed by atoms with Crippen LogP contribution in [0.2, 0.25) is 0 Å². The largest absolute Gasteiger partial charge is 0.397 e. The first-order chi connectivity index (χ1) is 6.76. The highest BCUT2D eigenvalue weighted by Crippen LogP contribution is 2.33. The third-order valence-corrected chi connectivity index (χ3v) is 3.98. The molecule has 0 amide bonds. The van der Waals surface area contributed by atoms with Gasteiger partial charge in [-0.3, -0.25) is 0 Å². The van der Waals surface area contributed by atoms with Crippen molar-refractivity contribution < 1.29 is 0 Å². The van der Waals surface area contributed by atoms with Crippen molar-refractivity contribution >= 4 is 38.7 Å². The van der Waals surface area contributed by atoms with Gasteiger partial charge in [0.15, 0.2) is 0 Å². The van der Waals surface area contributed by atoms with Crippen LogP contribution >= 0.6 is 22.9 Å². The van der Waals surface area contributed by atoms with E-state index in [9.17, 15) is 0 Å². The molecule has 1 heterocycles. The average Bonchev–Trinajstić information content (AvgIpc) is 2.62. The SMILES string of the molecule is CCc1cc2ccc(CCl)c(N)c2s1. The first kappa shape index (κ1) is 9.81. The third kappa shape index (κ3) is 1.49. The first-order valence-corrected chi connectivity index (χ1v) is 5.97. The van der Waals surface area contributed by atoms with Gasteiger partial charge in [-0.1, -0.05) is 19.1 Å². The predicted molar refractivity (Wildman–Crippen MR) is 65.2 cm³/mol. The van der Waals surface area contributed by atoms with Crippen molar-refractivity contribution in [1.29, 1.82) is 0 Å². The maximum Gasteiger partial charge on any atom is 0.0578 e. The van der Waals surface area contributed by atoms with Crippen LogP contribution < -0.4 is 5.73 Å². The summed E-state index contributed by atoms with van der Waals surface area (Å²) >= 11 is 7.57. The molecule has 14 heavy (non-hydrogen) atoms. The van der Waals surface area contributed by atoms with E-state index in [1.54, 1.807) is 11.3 Å². The molecule has 0 aliphatic carbocycles. The van der Waals surface area contributed by atoms with Crippen molar-refractivity contribution in [2.45, 2.75) is 19.2 Å². The Morgan fingerprint density at radius 1 is 1.43 bits per heavy atom. The highest BCUT2D eigenvalue weighted by Gasteiger charge is 2.06. The lowest BCUT2D eigenvalue weighted by Gasteiger charge is -2.01. The molecule has 0 radical (unpaired) electrons. The molecule has 0 bridgehead atoms. The second kappa shape index (κ2) is 3.79. The molecule has 74 valence electrons. The molecule has 1 aromatic heterocycles. The molecule has 1 nitrogen and oxygen atoms in total. The van der Waals surface area contributed by atoms with Crippen molar-refractivity contribution in [3.63, 3.8) is 0 Å². The molecule has 0 atom stereocenters. The summed E-state index contributed by atoms with van der Waals surface area (Å²) < 4.78 is 1.18. The van der Waals surface area contributed by atoms with Crippen LogP contribution in [0.1, 0.15) is 17.4 Å². The molecule has 3 heteroatoms. The van der Waals surface area contributed by atoms with Crippen molar-refractivity contribution in [2.24, 2.45) is 0 Å². The van der Waals surface area contributed by atoms with Crippen LogP contribution in [0.15, 0.2) is 18.2 Å². The van der Waals surface area contributed by atoms with E-state index in [0.29, 0.717) is 5.88 Å². The molecule has 2 N–H and O–H groups in total. The fourth-order valence-corrected chi connectivity index (χ4v) is 2.82. The summed E-state index contributed by atoms with van der Waals surface area (Å²) in [5.74, 6) is 0.487. The van der Waals surface area contributed by atoms with Gasteiger partial charge in [-0.2, -0.15) is 0 Å². The Balaban J connectivity index is 2.68. The van der Waals surface area contributed by atoms with Crippen LogP contribution in [0.4, 0.5) is 5.69 Å². The Morgan fingerprint density at radius 3 is 2.86 bits per heavy atom. The zero-order valence-corrected chi connectivity index (χ0v) is 9.58. The Labute approximate surface area is 92.5 Å². The minimum absolute atomic E-state index is 0.487. The van der Waals surface area contributed by atoms with Gasteiger partial charge in [-0.05, 0) is 23.4 Å². The molecule has 0 saturated carbocycles. The summed E-state index contributed by atoms with van der Waals surface area (Å²) in [4.78, 5) is 1.37. The molecule has 0 unspecified atom stereocenters. The Morgan fingerprint density at radius 2 is 2.21 bits per heavy atom. The zero-order chi connectivity index (χ0) is 10.1. The van der Waals surface area contributed by atoms with Gasteiger partial charge in [0, 0.05) is 10.8 Å². The van der Waals surface area contributed by atoms with Gasteiger partial charge in [-0.15, -0.1) is 22.9 Å². The number of nitrogen functional groups attached to an aromatic ring is 1. The van der Waals surface area contributed by atoms with E-state index in [4.69, 9.17) is 17.3 Å². The Kier molecular flexibility index (Phi) is 2.66. The first-order valence-electron chi connectivity index (χ1n) is 4.62. The van der Waals surface area contributed by atoms with Gasteiger partial charge < -0.3 is 5.73 Å². The molecule has 0 fully saturated rings. The zero-order valence-electron chi connectivity index (χ0n) is 8.01. The van der Waals surface area contributed by atoms with Crippen LogP contribution in [-0.2, 0) is 12.3 Å². The molecule has 0 spiro atoms. The lowest BCUT2D eigenvalue weighted by Crippen LogP contribution is -1.90. The Bertz CT molecular complexity index is 462. The van der Waals surface area contributed by atoms with Gasteiger partial charge >= 0.3 is 0 Å². The third-order valence-electron chi connectivity index (χ3n) is 2.36. The topological polar surface area (TPSA) is 26.0 Å². The number of fused-ring (bicyclic) bond motifs is 1. The van der Waals surface area contributed by atoms with Gasteiger partial charge in [0.25, 0.3) is 0 Å². The highest BCUT2D eigenvalue weighted by molar-refractivity contribution is 7.19. The lowest BCUT2D eigenvalue weighted by molar-refractivity contribution is 1.19. The van der Waals surface area contributed by atoms with Gasteiger partial charge in [0.2, 0.25) is 0 Å². The number of rotatable bonds is 2. The maximum absolute atomic E-state index is 6.02. The van der Waals surface area contributed by atoms with Crippen LogP contribution in [0.3, 0.4) is 0 Å². The number of halogens is 1. The van der Waals surface area contributed by atoms with Gasteiger partial charge in [0.1, 0.15) is 0 Å². The second-order valence-electron chi connectivity index (χ2n) is 3.26. The van der Waals surface area contributed by atoms with Crippen LogP contribution in [-0.4, -0.2) is 0 Å². The van der Waals surface area contributed by atoms with Gasteiger partial charge in [-0.25, -0.2) is 0 Å². The summed E-state index contributed by atoms with van der Waals surface area (Å²) in [7, 11) is 0. The minimum atomic E-state index is 0.487. The monoisotopic (exact) mass is 225 g/mol. The summed E-state index contributed by atoms with van der Waals surface area (Å²) in [5.41, 5.74) is 7.90. The molecule has 0 aliphatic rings. The molecule has 1 aromatic carbocycles. The summed E-state index contributed by atoms with van der Waals surface area (Å²) in [6.07, 6.45) is 1.06. The van der Waals surface area contributed by atoms with Crippen molar-refractivity contribution in [3.05, 3.63) is 28.6 Å². The highest BCUT2D eigenvalue weighted by atomic mass is 35.5. The standard InChI is InChI=1S/C11H12ClNS/c1-2-9-5-7-3-4-8(6-12)10(13)11(7)14-9/h3-5H,2,6,13H2,1H3. The van der Waals surface area contributed by atoms with Crippen molar-refractivity contribution in [2.75, 3.05) is 5.73 Å². The number of benzene rings is 1. The predicted octanol–water partition coefficient (Wildman–Crippen LogP) is 3.78. The van der Waals surface area contributed by atoms with E-state index in [0.717, 1.165) is 17.7 Å². The van der Waals surface area contributed by atoms with E-state index in [1.807, 2.05) is 6.07 Å². The van der Waals surface area contributed by atoms with Crippen molar-refractivity contribution in [3.8, 4) is 0 Å². The number of alkyl halides is 1. The van der Waals surface area contributed by atoms with E-state index in [-0.39, 0.29) is 0 Å². The van der Waals surface area contributed by atoms with E-state index in [2.05, 4.69) is 19.1 Å². The number of anilines is 1. The normalized spacial score (nSPS) is 11.0. The lowest BCUT2D eigenvalue weighted by atomic mass is 10.1. The number of thiophene rings is 1. The quantitative estimate of drug-likeness (QED) is 0.611. The molecule has 0 aliphatic heterocycles. The molecular weight excluding hydrogens is 214 g/mol. The fourth-order valence-electron chi connectivity index (χ4n) is 1.51. The molecular formula is C11H12ClNS.